The van der Waals surface area contributed by atoms with E-state index in [9.17, 15) is 19.7 Å². The molecular weight excluding hydrogens is 386 g/mol. The molecule has 3 fully saturated rings. The number of carbonyl (C=O) groups is 2. The van der Waals surface area contributed by atoms with Gasteiger partial charge in [0.25, 0.3) is 11.6 Å². The number of likely N-dealkylation sites (tertiary alicyclic amines) is 1. The highest BCUT2D eigenvalue weighted by molar-refractivity contribution is 5.93. The number of rotatable bonds is 5. The number of anilines is 1. The predicted molar refractivity (Wildman–Crippen MR) is 112 cm³/mol. The number of amides is 1. The molecule has 30 heavy (non-hydrogen) atoms. The summed E-state index contributed by atoms with van der Waals surface area (Å²) in [6, 6.07) is 4.68. The molecule has 1 aliphatic carbocycles. The maximum Gasteiger partial charge on any atom is 0.338 e. The van der Waals surface area contributed by atoms with Gasteiger partial charge in [0.2, 0.25) is 0 Å². The fourth-order valence-corrected chi connectivity index (χ4v) is 5.25. The van der Waals surface area contributed by atoms with E-state index in [1.807, 2.05) is 9.80 Å². The molecule has 0 aromatic heterocycles. The number of carbonyl (C=O) groups excluding carboxylic acids is 2. The second-order valence-corrected chi connectivity index (χ2v) is 8.57. The molecule has 1 amide bonds. The van der Waals surface area contributed by atoms with Gasteiger partial charge in [-0.3, -0.25) is 14.9 Å². The van der Waals surface area contributed by atoms with Gasteiger partial charge < -0.3 is 14.5 Å². The molecule has 162 valence electrons. The highest BCUT2D eigenvalue weighted by Crippen LogP contribution is 2.35. The molecule has 0 radical (unpaired) electrons. The highest BCUT2D eigenvalue weighted by Gasteiger charge is 2.36. The van der Waals surface area contributed by atoms with E-state index < -0.39 is 10.9 Å². The summed E-state index contributed by atoms with van der Waals surface area (Å²) in [6.07, 6.45) is 8.72. The van der Waals surface area contributed by atoms with Crippen LogP contribution in [0.1, 0.15) is 61.7 Å². The summed E-state index contributed by atoms with van der Waals surface area (Å²) in [6.45, 7) is 1.95. The van der Waals surface area contributed by atoms with Crippen LogP contribution >= 0.6 is 0 Å². The van der Waals surface area contributed by atoms with Gasteiger partial charge in [0.15, 0.2) is 6.61 Å². The number of nitro benzene ring substituents is 1. The Balaban J connectivity index is 1.40. The molecule has 3 aliphatic rings. The van der Waals surface area contributed by atoms with E-state index in [2.05, 4.69) is 0 Å². The van der Waals surface area contributed by atoms with Gasteiger partial charge in [0.05, 0.1) is 10.5 Å². The molecule has 2 aliphatic heterocycles. The van der Waals surface area contributed by atoms with Crippen molar-refractivity contribution in [3.05, 3.63) is 33.9 Å². The van der Waals surface area contributed by atoms with Gasteiger partial charge in [-0.05, 0) is 56.6 Å². The van der Waals surface area contributed by atoms with E-state index in [-0.39, 0.29) is 29.8 Å². The monoisotopic (exact) mass is 415 g/mol. The number of nitro groups is 1. The summed E-state index contributed by atoms with van der Waals surface area (Å²) < 4.78 is 5.26. The molecule has 8 heteroatoms. The molecular formula is C22H29N3O5. The summed E-state index contributed by atoms with van der Waals surface area (Å²) in [5, 5.41) is 11.5. The quantitative estimate of drug-likeness (QED) is 0.415. The van der Waals surface area contributed by atoms with E-state index >= 15 is 0 Å². The van der Waals surface area contributed by atoms with Crippen LogP contribution in [0.4, 0.5) is 11.4 Å². The molecule has 8 nitrogen and oxygen atoms in total. The molecule has 0 N–H and O–H groups in total. The molecule has 2 saturated heterocycles. The topological polar surface area (TPSA) is 93.0 Å². The first-order valence-electron chi connectivity index (χ1n) is 11.0. The van der Waals surface area contributed by atoms with Gasteiger partial charge in [-0.25, -0.2) is 4.79 Å². The van der Waals surface area contributed by atoms with E-state index in [0.29, 0.717) is 18.2 Å². The van der Waals surface area contributed by atoms with Crippen molar-refractivity contribution >= 4 is 23.3 Å². The lowest BCUT2D eigenvalue weighted by Gasteiger charge is -2.44. The summed E-state index contributed by atoms with van der Waals surface area (Å²) in [7, 11) is 0. The Morgan fingerprint density at radius 3 is 2.53 bits per heavy atom. The Morgan fingerprint density at radius 1 is 1.03 bits per heavy atom. The van der Waals surface area contributed by atoms with Crippen molar-refractivity contribution in [3.63, 3.8) is 0 Å². The van der Waals surface area contributed by atoms with E-state index in [1.165, 1.54) is 25.3 Å². The molecule has 0 bridgehead atoms. The van der Waals surface area contributed by atoms with Crippen LogP contribution in [0.15, 0.2) is 18.2 Å². The number of hydrogen-bond donors (Lipinski definition) is 0. The van der Waals surface area contributed by atoms with Crippen molar-refractivity contribution in [1.82, 2.24) is 4.90 Å². The summed E-state index contributed by atoms with van der Waals surface area (Å²) in [5.41, 5.74) is 0.534. The number of benzene rings is 1. The summed E-state index contributed by atoms with van der Waals surface area (Å²) >= 11 is 0. The summed E-state index contributed by atoms with van der Waals surface area (Å²) in [4.78, 5) is 40.1. The normalized spacial score (nSPS) is 23.7. The maximum absolute atomic E-state index is 12.7. The minimum absolute atomic E-state index is 0.0984. The van der Waals surface area contributed by atoms with Gasteiger partial charge in [0, 0.05) is 31.7 Å². The maximum atomic E-state index is 12.7. The Morgan fingerprint density at radius 2 is 1.77 bits per heavy atom. The molecule has 2 heterocycles. The van der Waals surface area contributed by atoms with Crippen LogP contribution in [0.25, 0.3) is 0 Å². The zero-order chi connectivity index (χ0) is 21.1. The second-order valence-electron chi connectivity index (χ2n) is 8.57. The predicted octanol–water partition coefficient (Wildman–Crippen LogP) is 3.53. The smallest absolute Gasteiger partial charge is 0.338 e. The highest BCUT2D eigenvalue weighted by atomic mass is 16.6. The van der Waals surface area contributed by atoms with Crippen molar-refractivity contribution in [2.24, 2.45) is 5.92 Å². The zero-order valence-electron chi connectivity index (χ0n) is 17.3. The van der Waals surface area contributed by atoms with Crippen LogP contribution in [0, 0.1) is 16.0 Å². The van der Waals surface area contributed by atoms with E-state index in [0.717, 1.165) is 45.2 Å². The van der Waals surface area contributed by atoms with Crippen LogP contribution in [0.3, 0.4) is 0 Å². The Labute approximate surface area is 176 Å². The lowest BCUT2D eigenvalue weighted by atomic mass is 9.78. The van der Waals surface area contributed by atoms with Crippen molar-refractivity contribution in [2.45, 2.75) is 57.4 Å². The Hall–Kier alpha value is -2.64. The number of hydrogen-bond acceptors (Lipinski definition) is 6. The van der Waals surface area contributed by atoms with Gasteiger partial charge in [-0.1, -0.05) is 12.8 Å². The Kier molecular flexibility index (Phi) is 6.20. The number of piperidine rings is 1. The van der Waals surface area contributed by atoms with Crippen LogP contribution in [-0.4, -0.2) is 54.0 Å². The van der Waals surface area contributed by atoms with Gasteiger partial charge in [-0.2, -0.15) is 0 Å². The number of esters is 1. The standard InChI is InChI=1S/C22H29N3O5/c26-21(24-13-5-7-16-6-1-2-8-18(16)24)15-30-22(27)17-9-10-19(20(14-17)25(28)29)23-11-3-4-12-23/h9-10,14,16,18H,1-8,11-13,15H2/t16-,18-/m1/s1. The molecule has 4 rings (SSSR count). The second kappa shape index (κ2) is 9.02. The molecule has 1 aromatic rings. The molecule has 2 atom stereocenters. The van der Waals surface area contributed by atoms with Gasteiger partial charge in [0.1, 0.15) is 5.69 Å². The van der Waals surface area contributed by atoms with Crippen LogP contribution in [-0.2, 0) is 9.53 Å². The van der Waals surface area contributed by atoms with Gasteiger partial charge >= 0.3 is 5.97 Å². The lowest BCUT2D eigenvalue weighted by Crippen LogP contribution is -2.50. The first-order chi connectivity index (χ1) is 14.5. The Bertz CT molecular complexity index is 819. The van der Waals surface area contributed by atoms with Crippen molar-refractivity contribution in [2.75, 3.05) is 31.1 Å². The first kappa shape index (κ1) is 20.6. The average Bonchev–Trinajstić information content (AvgIpc) is 3.31. The average molecular weight is 415 g/mol. The fourth-order valence-electron chi connectivity index (χ4n) is 5.25. The largest absolute Gasteiger partial charge is 0.452 e. The third-order valence-corrected chi connectivity index (χ3v) is 6.74. The third kappa shape index (κ3) is 4.27. The molecule has 1 saturated carbocycles. The number of nitrogens with zero attached hydrogens (tertiary/aromatic N) is 3. The van der Waals surface area contributed by atoms with Gasteiger partial charge in [-0.15, -0.1) is 0 Å². The number of ether oxygens (including phenoxy) is 1. The molecule has 0 spiro atoms. The SMILES string of the molecule is O=C(OCC(=O)N1CCC[C@H]2CCCC[C@H]21)c1ccc(N2CCCC2)c([N+](=O)[O-])c1. The minimum atomic E-state index is -0.698. The third-order valence-electron chi connectivity index (χ3n) is 6.74. The number of fused-ring (bicyclic) bond motifs is 1. The summed E-state index contributed by atoms with van der Waals surface area (Å²) in [5.74, 6) is -0.298. The minimum Gasteiger partial charge on any atom is -0.452 e. The van der Waals surface area contributed by atoms with Crippen molar-refractivity contribution < 1.29 is 19.2 Å². The van der Waals surface area contributed by atoms with Crippen molar-refractivity contribution in [1.29, 1.82) is 0 Å². The first-order valence-corrected chi connectivity index (χ1v) is 11.0. The van der Waals surface area contributed by atoms with E-state index in [4.69, 9.17) is 4.74 Å². The molecule has 0 unspecified atom stereocenters. The lowest BCUT2D eigenvalue weighted by molar-refractivity contribution is -0.384. The zero-order valence-corrected chi connectivity index (χ0v) is 17.3. The van der Waals surface area contributed by atoms with Crippen LogP contribution < -0.4 is 4.90 Å². The fraction of sp³-hybridized carbons (Fsp3) is 0.636. The van der Waals surface area contributed by atoms with E-state index in [1.54, 1.807) is 12.1 Å². The molecule has 1 aromatic carbocycles. The van der Waals surface area contributed by atoms with Crippen LogP contribution in [0.2, 0.25) is 0 Å². The van der Waals surface area contributed by atoms with Crippen molar-refractivity contribution in [3.8, 4) is 0 Å². The van der Waals surface area contributed by atoms with Crippen LogP contribution in [0.5, 0.6) is 0 Å².